The smallest absolute Gasteiger partial charge is 0.291 e. The molecule has 82 valence electrons. The number of amides is 1. The topological polar surface area (TPSA) is 70.7 Å². The molecule has 0 saturated carbocycles. The van der Waals surface area contributed by atoms with Crippen LogP contribution in [0.25, 0.3) is 0 Å². The molecular weight excluding hydrogens is 204 g/mol. The summed E-state index contributed by atoms with van der Waals surface area (Å²) in [6.07, 6.45) is 1.38. The van der Waals surface area contributed by atoms with Crippen molar-refractivity contribution < 1.29 is 4.79 Å². The van der Waals surface area contributed by atoms with E-state index < -0.39 is 0 Å². The Morgan fingerprint density at radius 3 is 2.75 bits per heavy atom. The first kappa shape index (κ1) is 10.4. The number of nitrogens with zero attached hydrogens (tertiary/aromatic N) is 2. The number of H-pyrrole nitrogens is 1. The molecule has 16 heavy (non-hydrogen) atoms. The first-order valence-electron chi connectivity index (χ1n) is 4.99. The van der Waals surface area contributed by atoms with Crippen LogP contribution in [-0.2, 0) is 0 Å². The van der Waals surface area contributed by atoms with Crippen molar-refractivity contribution in [2.45, 2.75) is 13.0 Å². The van der Waals surface area contributed by atoms with Crippen LogP contribution in [0.4, 0.5) is 0 Å². The number of hydrogen-bond donors (Lipinski definition) is 2. The minimum Gasteiger partial charge on any atom is -0.343 e. The Labute approximate surface area is 92.9 Å². The normalized spacial score (nSPS) is 12.1. The SMILES string of the molecule is C[C@@H](NC(=O)c1nc[nH]n1)c1ccccc1. The van der Waals surface area contributed by atoms with Crippen LogP contribution in [0.1, 0.15) is 29.1 Å². The van der Waals surface area contributed by atoms with Gasteiger partial charge >= 0.3 is 0 Å². The van der Waals surface area contributed by atoms with Crippen molar-refractivity contribution in [3.05, 3.63) is 48.0 Å². The van der Waals surface area contributed by atoms with Crippen LogP contribution in [0.5, 0.6) is 0 Å². The largest absolute Gasteiger partial charge is 0.343 e. The van der Waals surface area contributed by atoms with E-state index in [2.05, 4.69) is 20.5 Å². The average molecular weight is 216 g/mol. The van der Waals surface area contributed by atoms with Gasteiger partial charge in [0, 0.05) is 0 Å². The second kappa shape index (κ2) is 4.57. The molecule has 0 fully saturated rings. The molecule has 1 atom stereocenters. The van der Waals surface area contributed by atoms with Crippen molar-refractivity contribution in [2.24, 2.45) is 0 Å². The lowest BCUT2D eigenvalue weighted by Gasteiger charge is -2.12. The summed E-state index contributed by atoms with van der Waals surface area (Å²) in [5.74, 6) is -0.125. The summed E-state index contributed by atoms with van der Waals surface area (Å²) in [5.41, 5.74) is 1.05. The number of carbonyl (C=O) groups excluding carboxylic acids is 1. The number of hydrogen-bond acceptors (Lipinski definition) is 3. The number of benzene rings is 1. The van der Waals surface area contributed by atoms with Crippen molar-refractivity contribution in [1.29, 1.82) is 0 Å². The molecule has 0 radical (unpaired) electrons. The zero-order valence-electron chi connectivity index (χ0n) is 8.84. The van der Waals surface area contributed by atoms with Gasteiger partial charge in [-0.1, -0.05) is 30.3 Å². The molecule has 2 aromatic rings. The van der Waals surface area contributed by atoms with Gasteiger partial charge in [-0.3, -0.25) is 9.89 Å². The summed E-state index contributed by atoms with van der Waals surface area (Å²) >= 11 is 0. The summed E-state index contributed by atoms with van der Waals surface area (Å²) in [4.78, 5) is 15.4. The standard InChI is InChI=1S/C11H12N4O/c1-8(9-5-3-2-4-6-9)14-11(16)10-12-7-13-15-10/h2-8H,1H3,(H,14,16)(H,12,13,15)/t8-/m1/s1. The van der Waals surface area contributed by atoms with Gasteiger partial charge in [0.25, 0.3) is 5.91 Å². The van der Waals surface area contributed by atoms with Gasteiger partial charge in [0.15, 0.2) is 0 Å². The van der Waals surface area contributed by atoms with Crippen LogP contribution >= 0.6 is 0 Å². The molecule has 0 aliphatic heterocycles. The Kier molecular flexibility index (Phi) is 2.95. The van der Waals surface area contributed by atoms with E-state index in [-0.39, 0.29) is 17.8 Å². The number of carbonyl (C=O) groups is 1. The molecule has 1 amide bonds. The third kappa shape index (κ3) is 2.25. The lowest BCUT2D eigenvalue weighted by Crippen LogP contribution is -2.27. The summed E-state index contributed by atoms with van der Waals surface area (Å²) < 4.78 is 0. The molecule has 0 aliphatic rings. The monoisotopic (exact) mass is 216 g/mol. The van der Waals surface area contributed by atoms with E-state index in [1.807, 2.05) is 37.3 Å². The lowest BCUT2D eigenvalue weighted by atomic mass is 10.1. The van der Waals surface area contributed by atoms with Crippen molar-refractivity contribution in [1.82, 2.24) is 20.5 Å². The van der Waals surface area contributed by atoms with Gasteiger partial charge in [-0.2, -0.15) is 0 Å². The Hall–Kier alpha value is -2.17. The van der Waals surface area contributed by atoms with Crippen LogP contribution in [-0.4, -0.2) is 21.1 Å². The highest BCUT2D eigenvalue weighted by molar-refractivity contribution is 5.90. The summed E-state index contributed by atoms with van der Waals surface area (Å²) in [6.45, 7) is 1.92. The Bertz CT molecular complexity index is 452. The van der Waals surface area contributed by atoms with Crippen molar-refractivity contribution in [3.63, 3.8) is 0 Å². The third-order valence-corrected chi connectivity index (χ3v) is 2.27. The second-order valence-electron chi connectivity index (χ2n) is 3.43. The minimum atomic E-state index is -0.280. The molecule has 5 heteroatoms. The highest BCUT2D eigenvalue weighted by atomic mass is 16.2. The van der Waals surface area contributed by atoms with Crippen LogP contribution in [0.2, 0.25) is 0 Å². The summed E-state index contributed by atoms with van der Waals surface area (Å²) in [5, 5.41) is 9.03. The average Bonchev–Trinajstić information content (AvgIpc) is 2.83. The van der Waals surface area contributed by atoms with Gasteiger partial charge in [0.05, 0.1) is 6.04 Å². The summed E-state index contributed by atoms with van der Waals surface area (Å²) in [7, 11) is 0. The number of aromatic nitrogens is 3. The van der Waals surface area contributed by atoms with Crippen molar-refractivity contribution in [2.75, 3.05) is 0 Å². The lowest BCUT2D eigenvalue weighted by molar-refractivity contribution is 0.0930. The van der Waals surface area contributed by atoms with E-state index >= 15 is 0 Å². The Morgan fingerprint density at radius 1 is 1.38 bits per heavy atom. The number of aromatic amines is 1. The van der Waals surface area contributed by atoms with E-state index in [0.29, 0.717) is 0 Å². The molecule has 2 rings (SSSR count). The third-order valence-electron chi connectivity index (χ3n) is 2.27. The maximum Gasteiger partial charge on any atom is 0.291 e. The first-order chi connectivity index (χ1) is 7.77. The van der Waals surface area contributed by atoms with Crippen LogP contribution in [0.15, 0.2) is 36.7 Å². The fourth-order valence-electron chi connectivity index (χ4n) is 1.40. The van der Waals surface area contributed by atoms with Gasteiger partial charge < -0.3 is 5.32 Å². The van der Waals surface area contributed by atoms with E-state index in [9.17, 15) is 4.79 Å². The van der Waals surface area contributed by atoms with Gasteiger partial charge in [0.1, 0.15) is 6.33 Å². The maximum atomic E-state index is 11.6. The van der Waals surface area contributed by atoms with E-state index in [1.165, 1.54) is 6.33 Å². The van der Waals surface area contributed by atoms with Gasteiger partial charge in [-0.15, -0.1) is 5.10 Å². The highest BCUT2D eigenvalue weighted by Crippen LogP contribution is 2.11. The van der Waals surface area contributed by atoms with Crippen molar-refractivity contribution in [3.8, 4) is 0 Å². The maximum absolute atomic E-state index is 11.6. The molecule has 1 heterocycles. The molecule has 2 N–H and O–H groups in total. The van der Waals surface area contributed by atoms with Gasteiger partial charge in [-0.05, 0) is 12.5 Å². The van der Waals surface area contributed by atoms with E-state index in [4.69, 9.17) is 0 Å². The zero-order valence-corrected chi connectivity index (χ0v) is 8.84. The predicted molar refractivity (Wildman–Crippen MR) is 58.7 cm³/mol. The van der Waals surface area contributed by atoms with E-state index in [1.54, 1.807) is 0 Å². The number of rotatable bonds is 3. The molecule has 1 aromatic carbocycles. The first-order valence-corrected chi connectivity index (χ1v) is 4.99. The van der Waals surface area contributed by atoms with E-state index in [0.717, 1.165) is 5.56 Å². The van der Waals surface area contributed by atoms with Crippen molar-refractivity contribution >= 4 is 5.91 Å². The predicted octanol–water partition coefficient (Wildman–Crippen LogP) is 1.30. The minimum absolute atomic E-state index is 0.0628. The molecule has 0 bridgehead atoms. The van der Waals surface area contributed by atoms with Gasteiger partial charge in [0.2, 0.25) is 5.82 Å². The second-order valence-corrected chi connectivity index (χ2v) is 3.43. The number of nitrogens with one attached hydrogen (secondary N) is 2. The molecule has 1 aromatic heterocycles. The molecule has 0 aliphatic carbocycles. The van der Waals surface area contributed by atoms with Crippen LogP contribution < -0.4 is 5.32 Å². The molecule has 0 unspecified atom stereocenters. The quantitative estimate of drug-likeness (QED) is 0.812. The molecule has 0 saturated heterocycles. The fraction of sp³-hybridized carbons (Fsp3) is 0.182. The molecule has 0 spiro atoms. The zero-order chi connectivity index (χ0) is 11.4. The molecular formula is C11H12N4O. The van der Waals surface area contributed by atoms with Gasteiger partial charge in [-0.25, -0.2) is 4.98 Å². The van der Waals surface area contributed by atoms with Crippen LogP contribution in [0.3, 0.4) is 0 Å². The summed E-state index contributed by atoms with van der Waals surface area (Å²) in [6, 6.07) is 9.67. The van der Waals surface area contributed by atoms with Crippen LogP contribution in [0, 0.1) is 0 Å². The highest BCUT2D eigenvalue weighted by Gasteiger charge is 2.13. The Balaban J connectivity index is 2.03. The molecule has 5 nitrogen and oxygen atoms in total. The fourth-order valence-corrected chi connectivity index (χ4v) is 1.40. The Morgan fingerprint density at radius 2 is 2.12 bits per heavy atom.